The molecule has 1 saturated carbocycles. The largest absolute Gasteiger partial charge is 0.480 e. The number of fused-ring (bicyclic) bond motifs is 1. The molecule has 0 aliphatic heterocycles. The van der Waals surface area contributed by atoms with Gasteiger partial charge in [-0.25, -0.2) is 4.98 Å². The van der Waals surface area contributed by atoms with Gasteiger partial charge in [0.05, 0.1) is 5.69 Å². The lowest BCUT2D eigenvalue weighted by Gasteiger charge is -2.27. The second-order valence-electron chi connectivity index (χ2n) is 6.72. The fourth-order valence-electron chi connectivity index (χ4n) is 3.29. The number of carboxylic acid groups (broad SMARTS) is 1. The van der Waals surface area contributed by atoms with Crippen LogP contribution >= 0.6 is 0 Å². The van der Waals surface area contributed by atoms with Gasteiger partial charge in [0.15, 0.2) is 0 Å². The third kappa shape index (κ3) is 2.98. The van der Waals surface area contributed by atoms with Crippen LogP contribution in [0.5, 0.6) is 0 Å². The average Bonchev–Trinajstić information content (AvgIpc) is 3.18. The van der Waals surface area contributed by atoms with E-state index in [1.807, 2.05) is 13.8 Å². The van der Waals surface area contributed by atoms with Crippen LogP contribution in [0, 0.1) is 6.92 Å². The number of aliphatic carboxylic acids is 1. The molecule has 1 aromatic rings. The summed E-state index contributed by atoms with van der Waals surface area (Å²) in [5, 5.41) is 12.9. The number of carboxylic acids is 1. The van der Waals surface area contributed by atoms with Crippen LogP contribution < -0.4 is 5.32 Å². The predicted molar refractivity (Wildman–Crippen MR) is 80.4 cm³/mol. The maximum Gasteiger partial charge on any atom is 0.323 e. The van der Waals surface area contributed by atoms with E-state index in [4.69, 9.17) is 0 Å². The minimum atomic E-state index is -0.834. The summed E-state index contributed by atoms with van der Waals surface area (Å²) in [6.45, 7) is 4.58. The molecule has 1 aromatic heterocycles. The Morgan fingerprint density at radius 1 is 1.43 bits per heavy atom. The summed E-state index contributed by atoms with van der Waals surface area (Å²) < 4.78 is 2.24. The molecule has 1 unspecified atom stereocenters. The zero-order valence-corrected chi connectivity index (χ0v) is 13.0. The maximum atomic E-state index is 11.6. The number of rotatable bonds is 6. The quantitative estimate of drug-likeness (QED) is 0.842. The Kier molecular flexibility index (Phi) is 3.78. The monoisotopic (exact) mass is 291 g/mol. The van der Waals surface area contributed by atoms with Crippen LogP contribution in [-0.4, -0.2) is 32.2 Å². The topological polar surface area (TPSA) is 67.2 Å². The number of aromatic nitrogens is 2. The summed E-state index contributed by atoms with van der Waals surface area (Å²) >= 11 is 0. The van der Waals surface area contributed by atoms with Crippen molar-refractivity contribution in [2.75, 3.05) is 0 Å². The van der Waals surface area contributed by atoms with Crippen molar-refractivity contribution in [1.82, 2.24) is 14.9 Å². The van der Waals surface area contributed by atoms with E-state index in [9.17, 15) is 9.90 Å². The van der Waals surface area contributed by atoms with Gasteiger partial charge >= 0.3 is 5.97 Å². The highest BCUT2D eigenvalue weighted by Gasteiger charge is 2.38. The molecule has 0 amide bonds. The Balaban J connectivity index is 1.73. The summed E-state index contributed by atoms with van der Waals surface area (Å²) in [5.41, 5.74) is 1.73. The Labute approximate surface area is 125 Å². The number of imidazole rings is 1. The molecule has 2 aliphatic carbocycles. The molecule has 2 N–H and O–H groups in total. The van der Waals surface area contributed by atoms with E-state index in [1.54, 1.807) is 0 Å². The molecule has 0 bridgehead atoms. The molecule has 21 heavy (non-hydrogen) atoms. The van der Waals surface area contributed by atoms with Crippen LogP contribution in [-0.2, 0) is 24.2 Å². The van der Waals surface area contributed by atoms with E-state index in [-0.39, 0.29) is 0 Å². The fourth-order valence-corrected chi connectivity index (χ4v) is 3.29. The van der Waals surface area contributed by atoms with Crippen molar-refractivity contribution in [3.8, 4) is 0 Å². The van der Waals surface area contributed by atoms with Crippen LogP contribution in [0.1, 0.15) is 56.2 Å². The summed E-state index contributed by atoms with van der Waals surface area (Å²) in [5.74, 6) is 0.280. The number of hydrogen-bond donors (Lipinski definition) is 2. The highest BCUT2D eigenvalue weighted by Crippen LogP contribution is 2.26. The summed E-state index contributed by atoms with van der Waals surface area (Å²) in [6, 6.07) is 0.392. The molecule has 116 valence electrons. The van der Waals surface area contributed by atoms with Crippen LogP contribution in [0.3, 0.4) is 0 Å². The second-order valence-corrected chi connectivity index (χ2v) is 6.72. The average molecular weight is 291 g/mol. The van der Waals surface area contributed by atoms with Crippen molar-refractivity contribution < 1.29 is 9.90 Å². The third-order valence-electron chi connectivity index (χ3n) is 4.83. The van der Waals surface area contributed by atoms with Gasteiger partial charge in [0, 0.05) is 18.3 Å². The highest BCUT2D eigenvalue weighted by atomic mass is 16.4. The van der Waals surface area contributed by atoms with Crippen LogP contribution in [0.4, 0.5) is 0 Å². The first-order valence-electron chi connectivity index (χ1n) is 8.05. The van der Waals surface area contributed by atoms with E-state index in [2.05, 4.69) is 14.9 Å². The summed E-state index contributed by atoms with van der Waals surface area (Å²) in [6.07, 6.45) is 7.39. The van der Waals surface area contributed by atoms with Gasteiger partial charge in [0.1, 0.15) is 11.4 Å². The van der Waals surface area contributed by atoms with Gasteiger partial charge in [-0.1, -0.05) is 0 Å². The van der Waals surface area contributed by atoms with Crippen LogP contribution in [0.25, 0.3) is 0 Å². The molecular weight excluding hydrogens is 266 g/mol. The second kappa shape index (κ2) is 5.44. The lowest BCUT2D eigenvalue weighted by molar-refractivity contribution is -0.144. The normalized spacial score (nSPS) is 20.9. The van der Waals surface area contributed by atoms with Gasteiger partial charge in [0.25, 0.3) is 0 Å². The van der Waals surface area contributed by atoms with Gasteiger partial charge in [-0.2, -0.15) is 0 Å². The fraction of sp³-hybridized carbons (Fsp3) is 0.750. The molecule has 2 aliphatic rings. The number of nitrogens with zero attached hydrogens (tertiary/aromatic N) is 2. The highest BCUT2D eigenvalue weighted by molar-refractivity contribution is 5.78. The first kappa shape index (κ1) is 14.6. The van der Waals surface area contributed by atoms with E-state index in [1.165, 1.54) is 24.2 Å². The van der Waals surface area contributed by atoms with Crippen molar-refractivity contribution in [3.63, 3.8) is 0 Å². The lowest BCUT2D eigenvalue weighted by Crippen LogP contribution is -2.51. The number of aryl methyl sites for hydroxylation is 2. The first-order valence-corrected chi connectivity index (χ1v) is 8.05. The number of hydrogen-bond acceptors (Lipinski definition) is 3. The molecule has 3 rings (SSSR count). The Hall–Kier alpha value is -1.36. The summed E-state index contributed by atoms with van der Waals surface area (Å²) in [4.78, 5) is 16.3. The van der Waals surface area contributed by atoms with E-state index >= 15 is 0 Å². The SMILES string of the molecule is Cc1nc2c(n1CCC(C)(NC1CC1)C(=O)O)CCCC2. The molecular formula is C16H25N3O2. The first-order chi connectivity index (χ1) is 9.99. The molecule has 5 nitrogen and oxygen atoms in total. The third-order valence-corrected chi connectivity index (χ3v) is 4.83. The zero-order chi connectivity index (χ0) is 15.0. The molecule has 1 heterocycles. The molecule has 1 atom stereocenters. The Morgan fingerprint density at radius 3 is 2.81 bits per heavy atom. The maximum absolute atomic E-state index is 11.6. The van der Waals surface area contributed by atoms with E-state index in [0.717, 1.165) is 38.1 Å². The predicted octanol–water partition coefficient (Wildman–Crippen LogP) is 2.06. The van der Waals surface area contributed by atoms with Gasteiger partial charge in [-0.15, -0.1) is 0 Å². The van der Waals surface area contributed by atoms with Gasteiger partial charge < -0.3 is 9.67 Å². The molecule has 0 radical (unpaired) electrons. The molecule has 0 saturated heterocycles. The zero-order valence-electron chi connectivity index (χ0n) is 13.0. The van der Waals surface area contributed by atoms with E-state index < -0.39 is 11.5 Å². The minimum Gasteiger partial charge on any atom is -0.480 e. The standard InChI is InChI=1S/C16H25N3O2/c1-11-17-13-5-3-4-6-14(13)19(11)10-9-16(2,15(20)21)18-12-7-8-12/h12,18H,3-10H2,1-2H3,(H,20,21). The van der Waals surface area contributed by atoms with Crippen LogP contribution in [0.2, 0.25) is 0 Å². The minimum absolute atomic E-state index is 0.392. The van der Waals surface area contributed by atoms with Crippen LogP contribution in [0.15, 0.2) is 0 Å². The van der Waals surface area contributed by atoms with Gasteiger partial charge in [-0.05, 0) is 58.8 Å². The van der Waals surface area contributed by atoms with Crippen molar-refractivity contribution >= 4 is 5.97 Å². The molecule has 0 spiro atoms. The van der Waals surface area contributed by atoms with E-state index in [0.29, 0.717) is 12.5 Å². The van der Waals surface area contributed by atoms with Crippen molar-refractivity contribution in [3.05, 3.63) is 17.2 Å². The van der Waals surface area contributed by atoms with Crippen molar-refractivity contribution in [2.45, 2.75) is 76.9 Å². The Bertz CT molecular complexity index is 548. The van der Waals surface area contributed by atoms with Gasteiger partial charge in [0.2, 0.25) is 0 Å². The van der Waals surface area contributed by atoms with Crippen molar-refractivity contribution in [2.24, 2.45) is 0 Å². The number of carbonyl (C=O) groups is 1. The van der Waals surface area contributed by atoms with Gasteiger partial charge in [-0.3, -0.25) is 10.1 Å². The molecule has 5 heteroatoms. The smallest absolute Gasteiger partial charge is 0.323 e. The summed E-state index contributed by atoms with van der Waals surface area (Å²) in [7, 11) is 0. The number of nitrogens with one attached hydrogen (secondary N) is 1. The lowest BCUT2D eigenvalue weighted by atomic mass is 9.97. The molecule has 1 fully saturated rings. The Morgan fingerprint density at radius 2 is 2.14 bits per heavy atom. The van der Waals surface area contributed by atoms with Crippen molar-refractivity contribution in [1.29, 1.82) is 0 Å². The molecule has 0 aromatic carbocycles.